The van der Waals surface area contributed by atoms with Crippen LogP contribution in [0.2, 0.25) is 0 Å². The van der Waals surface area contributed by atoms with Gasteiger partial charge in [0.25, 0.3) is 11.8 Å². The van der Waals surface area contributed by atoms with Crippen LogP contribution in [0.15, 0.2) is 29.8 Å². The minimum atomic E-state index is -1.99. The second kappa shape index (κ2) is 8.28. The Morgan fingerprint density at radius 1 is 1.11 bits per heavy atom. The number of alkyl halides is 3. The van der Waals surface area contributed by atoms with Gasteiger partial charge in [0, 0.05) is 12.5 Å². The Kier molecular flexibility index (Phi) is 5.85. The number of halogens is 4. The standard InChI is InChI=1S/C24H22BrCl2FN2O5/c1-2-7-29-19(32)13-5-4-12-14(17(13)20(29)33)9-23(26)21(34)30(10-25)22(35)24(23,27)18(12)11-3-6-16(31)15(28)8-11/h3-4,6,8,13-14,17-18,31H,2,5,7,9-10H2,1H3. The van der Waals surface area contributed by atoms with Crippen LogP contribution in [0.5, 0.6) is 5.75 Å². The molecule has 0 aromatic heterocycles. The molecule has 1 aromatic rings. The third kappa shape index (κ3) is 3.07. The van der Waals surface area contributed by atoms with Crippen molar-refractivity contribution in [3.63, 3.8) is 0 Å². The lowest BCUT2D eigenvalue weighted by molar-refractivity contribution is -0.141. The molecular weight excluding hydrogens is 566 g/mol. The highest BCUT2D eigenvalue weighted by molar-refractivity contribution is 9.09. The van der Waals surface area contributed by atoms with Crippen molar-refractivity contribution in [2.45, 2.75) is 41.9 Å². The summed E-state index contributed by atoms with van der Waals surface area (Å²) in [5.41, 5.74) is 0.691. The summed E-state index contributed by atoms with van der Waals surface area (Å²) in [6, 6.07) is 3.64. The van der Waals surface area contributed by atoms with Crippen LogP contribution >= 0.6 is 39.1 Å². The van der Waals surface area contributed by atoms with E-state index < -0.39 is 56.8 Å². The topological polar surface area (TPSA) is 95.0 Å². The number of hydrogen-bond acceptors (Lipinski definition) is 5. The number of phenols is 1. The lowest BCUT2D eigenvalue weighted by Gasteiger charge is -2.50. The van der Waals surface area contributed by atoms with E-state index in [-0.39, 0.29) is 35.7 Å². The van der Waals surface area contributed by atoms with Crippen molar-refractivity contribution in [1.29, 1.82) is 0 Å². The van der Waals surface area contributed by atoms with Gasteiger partial charge in [-0.05, 0) is 42.9 Å². The van der Waals surface area contributed by atoms with E-state index in [4.69, 9.17) is 23.2 Å². The van der Waals surface area contributed by atoms with Gasteiger partial charge in [-0.1, -0.05) is 40.6 Å². The minimum absolute atomic E-state index is 0.116. The first-order chi connectivity index (χ1) is 16.5. The molecule has 1 saturated carbocycles. The fourth-order valence-electron chi connectivity index (χ4n) is 6.34. The number of carbonyl (C=O) groups is 4. The molecule has 2 heterocycles. The molecule has 0 spiro atoms. The van der Waals surface area contributed by atoms with Gasteiger partial charge in [-0.2, -0.15) is 0 Å². The van der Waals surface area contributed by atoms with Crippen molar-refractivity contribution in [2.24, 2.45) is 17.8 Å². The Morgan fingerprint density at radius 2 is 1.83 bits per heavy atom. The summed E-state index contributed by atoms with van der Waals surface area (Å²) >= 11 is 17.2. The van der Waals surface area contributed by atoms with Crippen LogP contribution in [0.25, 0.3) is 0 Å². The molecule has 3 fully saturated rings. The Bertz CT molecular complexity index is 1210. The number of allylic oxidation sites excluding steroid dienone is 2. The minimum Gasteiger partial charge on any atom is -0.505 e. The lowest BCUT2D eigenvalue weighted by atomic mass is 9.56. The molecule has 6 atom stereocenters. The highest BCUT2D eigenvalue weighted by Gasteiger charge is 2.76. The summed E-state index contributed by atoms with van der Waals surface area (Å²) in [4.78, 5) is 51.7. The van der Waals surface area contributed by atoms with E-state index in [2.05, 4.69) is 15.9 Å². The van der Waals surface area contributed by atoms with Crippen LogP contribution in [0, 0.1) is 23.6 Å². The van der Waals surface area contributed by atoms with Crippen molar-refractivity contribution in [2.75, 3.05) is 12.0 Å². The predicted octanol–water partition coefficient (Wildman–Crippen LogP) is 3.65. The molecule has 1 N–H and O–H groups in total. The summed E-state index contributed by atoms with van der Waals surface area (Å²) in [6.45, 7) is 2.16. The number of carbonyl (C=O) groups excluding carboxylic acids is 4. The number of nitrogens with zero attached hydrogens (tertiary/aromatic N) is 2. The molecule has 0 radical (unpaired) electrons. The van der Waals surface area contributed by atoms with Crippen molar-refractivity contribution in [3.05, 3.63) is 41.2 Å². The highest BCUT2D eigenvalue weighted by Crippen LogP contribution is 2.65. The molecule has 4 aliphatic rings. The molecule has 5 rings (SSSR count). The zero-order chi connectivity index (χ0) is 25.4. The first-order valence-electron chi connectivity index (χ1n) is 11.4. The number of rotatable bonds is 4. The van der Waals surface area contributed by atoms with Gasteiger partial charge >= 0.3 is 0 Å². The van der Waals surface area contributed by atoms with Crippen molar-refractivity contribution < 1.29 is 28.7 Å². The highest BCUT2D eigenvalue weighted by atomic mass is 79.9. The van der Waals surface area contributed by atoms with Crippen LogP contribution in [0.3, 0.4) is 0 Å². The van der Waals surface area contributed by atoms with Crippen LogP contribution in [0.4, 0.5) is 4.39 Å². The van der Waals surface area contributed by atoms with Gasteiger partial charge in [-0.3, -0.25) is 29.0 Å². The van der Waals surface area contributed by atoms with Gasteiger partial charge < -0.3 is 5.11 Å². The number of fused-ring (bicyclic) bond motifs is 4. The third-order valence-corrected chi connectivity index (χ3v) is 9.77. The zero-order valence-corrected chi connectivity index (χ0v) is 21.7. The number of aromatic hydroxyl groups is 1. The molecule has 4 amide bonds. The van der Waals surface area contributed by atoms with Gasteiger partial charge in [0.15, 0.2) is 21.3 Å². The maximum atomic E-state index is 14.5. The SMILES string of the molecule is CCCN1C(=O)C2CC=C3C(CC4(Cl)C(=O)N(CBr)C(=O)C4(Cl)C3c3ccc(O)c(F)c3)C2C1=O. The number of phenolic OH excluding ortho intramolecular Hbond substituents is 1. The summed E-state index contributed by atoms with van der Waals surface area (Å²) in [5.74, 6) is -6.57. The number of likely N-dealkylation sites (tertiary alicyclic amines) is 2. The normalized spacial score (nSPS) is 36.3. The molecule has 186 valence electrons. The Morgan fingerprint density at radius 3 is 2.46 bits per heavy atom. The summed E-state index contributed by atoms with van der Waals surface area (Å²) < 4.78 is 14.5. The molecule has 7 nitrogen and oxygen atoms in total. The van der Waals surface area contributed by atoms with E-state index in [1.165, 1.54) is 11.0 Å². The van der Waals surface area contributed by atoms with Gasteiger partial charge in [0.2, 0.25) is 11.8 Å². The Labute approximate surface area is 219 Å². The average molecular weight is 588 g/mol. The van der Waals surface area contributed by atoms with E-state index in [1.54, 1.807) is 6.08 Å². The van der Waals surface area contributed by atoms with Gasteiger partial charge in [-0.15, -0.1) is 23.2 Å². The molecule has 2 aliphatic carbocycles. The predicted molar refractivity (Wildman–Crippen MR) is 128 cm³/mol. The Hall–Kier alpha value is -1.97. The summed E-state index contributed by atoms with van der Waals surface area (Å²) in [7, 11) is 0. The quantitative estimate of drug-likeness (QED) is 0.251. The Balaban J connectivity index is 1.72. The number of amides is 4. The molecule has 0 bridgehead atoms. The smallest absolute Gasteiger partial charge is 0.254 e. The zero-order valence-electron chi connectivity index (χ0n) is 18.6. The molecule has 1 aromatic carbocycles. The molecule has 2 saturated heterocycles. The van der Waals surface area contributed by atoms with Crippen molar-refractivity contribution in [3.8, 4) is 5.75 Å². The van der Waals surface area contributed by atoms with Crippen LogP contribution < -0.4 is 0 Å². The number of benzene rings is 1. The van der Waals surface area contributed by atoms with Crippen LogP contribution in [-0.2, 0) is 19.2 Å². The van der Waals surface area contributed by atoms with E-state index in [9.17, 15) is 28.7 Å². The van der Waals surface area contributed by atoms with E-state index in [0.29, 0.717) is 18.5 Å². The van der Waals surface area contributed by atoms with Gasteiger partial charge in [0.05, 0.1) is 17.3 Å². The van der Waals surface area contributed by atoms with Crippen molar-refractivity contribution in [1.82, 2.24) is 9.80 Å². The molecule has 35 heavy (non-hydrogen) atoms. The monoisotopic (exact) mass is 586 g/mol. The second-order valence-corrected chi connectivity index (χ2v) is 11.3. The third-order valence-electron chi connectivity index (χ3n) is 7.86. The first-order valence-corrected chi connectivity index (χ1v) is 13.2. The second-order valence-electron chi connectivity index (χ2n) is 9.53. The summed E-state index contributed by atoms with van der Waals surface area (Å²) in [5, 5.41) is 9.75. The summed E-state index contributed by atoms with van der Waals surface area (Å²) in [6.07, 6.45) is 2.53. The maximum Gasteiger partial charge on any atom is 0.254 e. The molecule has 6 unspecified atom stereocenters. The van der Waals surface area contributed by atoms with Crippen molar-refractivity contribution >= 4 is 62.8 Å². The fraction of sp³-hybridized carbons (Fsp3) is 0.500. The maximum absolute atomic E-state index is 14.5. The largest absolute Gasteiger partial charge is 0.505 e. The van der Waals surface area contributed by atoms with Gasteiger partial charge in [0.1, 0.15) is 0 Å². The van der Waals surface area contributed by atoms with E-state index >= 15 is 0 Å². The average Bonchev–Trinajstić information content (AvgIpc) is 3.15. The fourth-order valence-corrected chi connectivity index (χ4v) is 7.76. The molecular formula is C24H22BrCl2FN2O5. The molecule has 11 heteroatoms. The first kappa shape index (κ1) is 24.7. The van der Waals surface area contributed by atoms with E-state index in [0.717, 1.165) is 17.0 Å². The number of hydrogen-bond donors (Lipinski definition) is 1. The molecule has 2 aliphatic heterocycles. The van der Waals surface area contributed by atoms with E-state index in [1.807, 2.05) is 6.92 Å². The lowest BCUT2D eigenvalue weighted by Crippen LogP contribution is -2.60. The number of imide groups is 2. The van der Waals surface area contributed by atoms with Crippen LogP contribution in [0.1, 0.15) is 37.7 Å². The van der Waals surface area contributed by atoms with Gasteiger partial charge in [-0.25, -0.2) is 4.39 Å². The van der Waals surface area contributed by atoms with Crippen LogP contribution in [-0.4, -0.2) is 60.3 Å².